The van der Waals surface area contributed by atoms with Crippen LogP contribution >= 0.6 is 0 Å². The number of halogens is 1. The molecule has 1 amide bonds. The SMILES string of the molecule is NC(=O)CNCC(O)COc1ccc(F)cc1. The Balaban J connectivity index is 2.21. The zero-order chi connectivity index (χ0) is 12.7. The van der Waals surface area contributed by atoms with Gasteiger partial charge in [-0.2, -0.15) is 0 Å². The molecular formula is C11H15FN2O3. The lowest BCUT2D eigenvalue weighted by atomic mass is 10.3. The lowest BCUT2D eigenvalue weighted by molar-refractivity contribution is -0.117. The second kappa shape index (κ2) is 6.82. The van der Waals surface area contributed by atoms with E-state index in [1.54, 1.807) is 0 Å². The Hall–Kier alpha value is -1.66. The van der Waals surface area contributed by atoms with Crippen molar-refractivity contribution in [3.05, 3.63) is 30.1 Å². The molecule has 4 N–H and O–H groups in total. The van der Waals surface area contributed by atoms with Crippen molar-refractivity contribution < 1.29 is 19.0 Å². The average Bonchev–Trinajstić information content (AvgIpc) is 2.28. The van der Waals surface area contributed by atoms with Gasteiger partial charge in [-0.25, -0.2) is 4.39 Å². The third-order valence-electron chi connectivity index (χ3n) is 1.94. The van der Waals surface area contributed by atoms with Crippen molar-refractivity contribution in [1.29, 1.82) is 0 Å². The van der Waals surface area contributed by atoms with E-state index in [2.05, 4.69) is 5.32 Å². The molecule has 0 saturated carbocycles. The first kappa shape index (κ1) is 13.4. The Morgan fingerprint density at radius 3 is 2.71 bits per heavy atom. The first-order chi connectivity index (χ1) is 8.08. The summed E-state index contributed by atoms with van der Waals surface area (Å²) in [7, 11) is 0. The molecule has 5 nitrogen and oxygen atoms in total. The van der Waals surface area contributed by atoms with Gasteiger partial charge in [-0.05, 0) is 24.3 Å². The van der Waals surface area contributed by atoms with Crippen molar-refractivity contribution in [2.24, 2.45) is 5.73 Å². The number of primary amides is 1. The molecule has 17 heavy (non-hydrogen) atoms. The molecule has 1 aromatic rings. The fraction of sp³-hybridized carbons (Fsp3) is 0.364. The maximum atomic E-state index is 12.6. The molecule has 94 valence electrons. The number of ether oxygens (including phenoxy) is 1. The number of hydrogen-bond acceptors (Lipinski definition) is 4. The number of carbonyl (C=O) groups is 1. The molecule has 1 rings (SSSR count). The lowest BCUT2D eigenvalue weighted by Crippen LogP contribution is -2.36. The van der Waals surface area contributed by atoms with Crippen LogP contribution in [0.1, 0.15) is 0 Å². The van der Waals surface area contributed by atoms with Crippen molar-refractivity contribution in [3.63, 3.8) is 0 Å². The van der Waals surface area contributed by atoms with Gasteiger partial charge in [0.15, 0.2) is 0 Å². The summed E-state index contributed by atoms with van der Waals surface area (Å²) < 4.78 is 17.8. The highest BCUT2D eigenvalue weighted by Crippen LogP contribution is 2.10. The summed E-state index contributed by atoms with van der Waals surface area (Å²) in [4.78, 5) is 10.4. The maximum absolute atomic E-state index is 12.6. The van der Waals surface area contributed by atoms with Gasteiger partial charge in [-0.1, -0.05) is 0 Å². The monoisotopic (exact) mass is 242 g/mol. The van der Waals surface area contributed by atoms with Crippen LogP contribution in [0, 0.1) is 5.82 Å². The molecule has 0 saturated heterocycles. The minimum atomic E-state index is -0.764. The Morgan fingerprint density at radius 1 is 1.47 bits per heavy atom. The molecule has 0 aliphatic rings. The topological polar surface area (TPSA) is 84.6 Å². The van der Waals surface area contributed by atoms with E-state index in [0.717, 1.165) is 0 Å². The maximum Gasteiger partial charge on any atom is 0.231 e. The van der Waals surface area contributed by atoms with Gasteiger partial charge in [-0.15, -0.1) is 0 Å². The molecule has 1 aromatic carbocycles. The van der Waals surface area contributed by atoms with Crippen LogP contribution in [-0.2, 0) is 4.79 Å². The van der Waals surface area contributed by atoms with Gasteiger partial charge in [0.25, 0.3) is 0 Å². The molecule has 0 aliphatic heterocycles. The van der Waals surface area contributed by atoms with Crippen LogP contribution in [-0.4, -0.2) is 36.8 Å². The van der Waals surface area contributed by atoms with Crippen LogP contribution in [0.15, 0.2) is 24.3 Å². The molecule has 0 aliphatic carbocycles. The number of hydrogen-bond donors (Lipinski definition) is 3. The van der Waals surface area contributed by atoms with E-state index in [1.165, 1.54) is 24.3 Å². The highest BCUT2D eigenvalue weighted by Gasteiger charge is 2.05. The predicted octanol–water partition coefficient (Wildman–Crippen LogP) is -0.360. The van der Waals surface area contributed by atoms with Crippen LogP contribution in [0.3, 0.4) is 0 Å². The standard InChI is InChI=1S/C11H15FN2O3/c12-8-1-3-10(4-2-8)17-7-9(15)5-14-6-11(13)16/h1-4,9,14-15H,5-7H2,(H2,13,16). The molecule has 0 bridgehead atoms. The number of rotatable bonds is 7. The van der Waals surface area contributed by atoms with E-state index in [-0.39, 0.29) is 25.5 Å². The van der Waals surface area contributed by atoms with Crippen LogP contribution in [0.25, 0.3) is 0 Å². The van der Waals surface area contributed by atoms with Gasteiger partial charge in [0.2, 0.25) is 5.91 Å². The molecular weight excluding hydrogens is 227 g/mol. The van der Waals surface area contributed by atoms with Crippen LogP contribution in [0.2, 0.25) is 0 Å². The van der Waals surface area contributed by atoms with E-state index in [9.17, 15) is 14.3 Å². The Kier molecular flexibility index (Phi) is 5.38. The van der Waals surface area contributed by atoms with Gasteiger partial charge in [0, 0.05) is 6.54 Å². The molecule has 0 spiro atoms. The van der Waals surface area contributed by atoms with E-state index < -0.39 is 12.0 Å². The fourth-order valence-corrected chi connectivity index (χ4v) is 1.14. The smallest absolute Gasteiger partial charge is 0.231 e. The number of benzene rings is 1. The lowest BCUT2D eigenvalue weighted by Gasteiger charge is -2.12. The minimum Gasteiger partial charge on any atom is -0.491 e. The van der Waals surface area contributed by atoms with Gasteiger partial charge < -0.3 is 20.9 Å². The van der Waals surface area contributed by atoms with Crippen molar-refractivity contribution >= 4 is 5.91 Å². The van der Waals surface area contributed by atoms with E-state index in [0.29, 0.717) is 5.75 Å². The molecule has 0 radical (unpaired) electrons. The summed E-state index contributed by atoms with van der Waals surface area (Å²) in [6.07, 6.45) is -0.764. The third-order valence-corrected chi connectivity index (χ3v) is 1.94. The fourth-order valence-electron chi connectivity index (χ4n) is 1.14. The zero-order valence-electron chi connectivity index (χ0n) is 9.23. The molecule has 0 aromatic heterocycles. The molecule has 6 heteroatoms. The number of amides is 1. The number of carbonyl (C=O) groups excluding carboxylic acids is 1. The first-order valence-corrected chi connectivity index (χ1v) is 5.13. The molecule has 0 fully saturated rings. The zero-order valence-corrected chi connectivity index (χ0v) is 9.23. The van der Waals surface area contributed by atoms with Gasteiger partial charge in [-0.3, -0.25) is 4.79 Å². The van der Waals surface area contributed by atoms with Gasteiger partial charge in [0.05, 0.1) is 6.54 Å². The summed E-state index contributed by atoms with van der Waals surface area (Å²) >= 11 is 0. The third kappa shape index (κ3) is 5.84. The highest BCUT2D eigenvalue weighted by atomic mass is 19.1. The Labute approximate surface area is 98.4 Å². The summed E-state index contributed by atoms with van der Waals surface area (Å²) in [5.74, 6) is -0.363. The number of aliphatic hydroxyl groups is 1. The van der Waals surface area contributed by atoms with E-state index >= 15 is 0 Å². The highest BCUT2D eigenvalue weighted by molar-refractivity contribution is 5.75. The van der Waals surface area contributed by atoms with Gasteiger partial charge >= 0.3 is 0 Å². The van der Waals surface area contributed by atoms with Crippen LogP contribution in [0.4, 0.5) is 4.39 Å². The number of aliphatic hydroxyl groups excluding tert-OH is 1. The second-order valence-corrected chi connectivity index (χ2v) is 3.52. The van der Waals surface area contributed by atoms with Crippen LogP contribution < -0.4 is 15.8 Å². The average molecular weight is 242 g/mol. The van der Waals surface area contributed by atoms with Gasteiger partial charge in [0.1, 0.15) is 24.3 Å². The Bertz CT molecular complexity index is 356. The minimum absolute atomic E-state index is 0.00755. The van der Waals surface area contributed by atoms with Crippen molar-refractivity contribution in [1.82, 2.24) is 5.32 Å². The van der Waals surface area contributed by atoms with Crippen molar-refractivity contribution in [3.8, 4) is 5.75 Å². The molecule has 1 atom stereocenters. The van der Waals surface area contributed by atoms with Crippen molar-refractivity contribution in [2.75, 3.05) is 19.7 Å². The second-order valence-electron chi connectivity index (χ2n) is 3.52. The first-order valence-electron chi connectivity index (χ1n) is 5.13. The molecule has 0 heterocycles. The predicted molar refractivity (Wildman–Crippen MR) is 60.0 cm³/mol. The largest absolute Gasteiger partial charge is 0.491 e. The van der Waals surface area contributed by atoms with Crippen LogP contribution in [0.5, 0.6) is 5.75 Å². The summed E-state index contributed by atoms with van der Waals surface area (Å²) in [5, 5.41) is 12.1. The quantitative estimate of drug-likeness (QED) is 0.609. The molecule has 1 unspecified atom stereocenters. The number of nitrogens with two attached hydrogens (primary N) is 1. The van der Waals surface area contributed by atoms with E-state index in [4.69, 9.17) is 10.5 Å². The summed E-state index contributed by atoms with van der Waals surface area (Å²) in [5.41, 5.74) is 4.91. The van der Waals surface area contributed by atoms with Crippen molar-refractivity contribution in [2.45, 2.75) is 6.10 Å². The normalized spacial score (nSPS) is 12.1. The number of nitrogens with one attached hydrogen (secondary N) is 1. The Morgan fingerprint density at radius 2 is 2.12 bits per heavy atom. The van der Waals surface area contributed by atoms with E-state index in [1.807, 2.05) is 0 Å². The summed E-state index contributed by atoms with van der Waals surface area (Å²) in [6, 6.07) is 5.48. The summed E-state index contributed by atoms with van der Waals surface area (Å²) in [6.45, 7) is 0.259.